The number of phenolic OH excluding ortho intramolecular Hbond substituents is 1. The van der Waals surface area contributed by atoms with Crippen molar-refractivity contribution in [2.45, 2.75) is 12.7 Å². The smallest absolute Gasteiger partial charge is 0.417 e. The Morgan fingerprint density at radius 2 is 1.91 bits per heavy atom. The lowest BCUT2D eigenvalue weighted by Crippen LogP contribution is -2.28. The minimum absolute atomic E-state index is 0.0305. The summed E-state index contributed by atoms with van der Waals surface area (Å²) in [5.74, 6) is -0.712. The lowest BCUT2D eigenvalue weighted by Gasteiger charge is -2.20. The fourth-order valence-electron chi connectivity index (χ4n) is 2.14. The Bertz CT molecular complexity index is 732. The maximum Gasteiger partial charge on any atom is 0.417 e. The van der Waals surface area contributed by atoms with Gasteiger partial charge in [0.15, 0.2) is 0 Å². The summed E-state index contributed by atoms with van der Waals surface area (Å²) in [4.78, 5) is 13.5. The molecule has 0 spiro atoms. The molecule has 0 aliphatic heterocycles. The molecule has 0 saturated heterocycles. The third kappa shape index (κ3) is 4.25. The second-order valence-corrected chi connectivity index (χ2v) is 5.93. The Balaban J connectivity index is 2.29. The quantitative estimate of drug-likeness (QED) is 0.845. The highest BCUT2D eigenvalue weighted by Gasteiger charge is 2.36. The molecule has 7 heteroatoms. The highest BCUT2D eigenvalue weighted by atomic mass is 79.9. The minimum atomic E-state index is -4.62. The van der Waals surface area contributed by atoms with Crippen LogP contribution in [0.15, 0.2) is 46.9 Å². The first-order valence-electron chi connectivity index (χ1n) is 6.58. The summed E-state index contributed by atoms with van der Waals surface area (Å²) < 4.78 is 39.6. The predicted molar refractivity (Wildman–Crippen MR) is 83.0 cm³/mol. The van der Waals surface area contributed by atoms with E-state index in [9.17, 15) is 23.1 Å². The maximum atomic E-state index is 13.1. The minimum Gasteiger partial charge on any atom is -0.508 e. The van der Waals surface area contributed by atoms with E-state index >= 15 is 0 Å². The molecule has 0 saturated carbocycles. The second-order valence-electron chi connectivity index (χ2n) is 5.02. The normalized spacial score (nSPS) is 11.3. The number of carbonyl (C=O) groups is 1. The summed E-state index contributed by atoms with van der Waals surface area (Å²) in [5.41, 5.74) is -0.783. The van der Waals surface area contributed by atoms with Crippen LogP contribution >= 0.6 is 15.9 Å². The topological polar surface area (TPSA) is 40.5 Å². The highest BCUT2D eigenvalue weighted by molar-refractivity contribution is 9.10. The Kier molecular flexibility index (Phi) is 4.99. The molecule has 0 heterocycles. The molecule has 0 aliphatic carbocycles. The predicted octanol–water partition coefficient (Wildman–Crippen LogP) is 4.45. The first-order chi connectivity index (χ1) is 10.7. The van der Waals surface area contributed by atoms with Crippen molar-refractivity contribution in [1.29, 1.82) is 0 Å². The summed E-state index contributed by atoms with van der Waals surface area (Å²) in [5, 5.41) is 9.41. The Morgan fingerprint density at radius 1 is 1.22 bits per heavy atom. The number of benzene rings is 2. The molecule has 2 rings (SSSR count). The van der Waals surface area contributed by atoms with Gasteiger partial charge in [-0.15, -0.1) is 0 Å². The fraction of sp³-hybridized carbons (Fsp3) is 0.188. The van der Waals surface area contributed by atoms with Crippen LogP contribution in [0.2, 0.25) is 0 Å². The van der Waals surface area contributed by atoms with Gasteiger partial charge in [-0.3, -0.25) is 4.79 Å². The molecule has 0 unspecified atom stereocenters. The zero-order valence-electron chi connectivity index (χ0n) is 12.1. The number of hydrogen-bond acceptors (Lipinski definition) is 2. The summed E-state index contributed by atoms with van der Waals surface area (Å²) in [6, 6.07) is 9.63. The van der Waals surface area contributed by atoms with E-state index < -0.39 is 23.2 Å². The van der Waals surface area contributed by atoms with E-state index in [2.05, 4.69) is 15.9 Å². The number of nitrogens with zero attached hydrogens (tertiary/aromatic N) is 1. The Labute approximate surface area is 139 Å². The van der Waals surface area contributed by atoms with Crippen LogP contribution in [0.1, 0.15) is 21.5 Å². The van der Waals surface area contributed by atoms with Crippen molar-refractivity contribution in [3.05, 3.63) is 63.6 Å². The average Bonchev–Trinajstić information content (AvgIpc) is 2.45. The number of aromatic hydroxyl groups is 1. The summed E-state index contributed by atoms with van der Waals surface area (Å²) in [6.45, 7) is 0.0839. The van der Waals surface area contributed by atoms with E-state index in [1.807, 2.05) is 0 Å². The van der Waals surface area contributed by atoms with Gasteiger partial charge in [0.25, 0.3) is 5.91 Å². The summed E-state index contributed by atoms with van der Waals surface area (Å²) in [7, 11) is 1.41. The van der Waals surface area contributed by atoms with E-state index in [1.54, 1.807) is 12.1 Å². The van der Waals surface area contributed by atoms with Gasteiger partial charge in [-0.25, -0.2) is 0 Å². The molecule has 2 aromatic rings. The molecular weight excluding hydrogens is 375 g/mol. The first kappa shape index (κ1) is 17.3. The van der Waals surface area contributed by atoms with Gasteiger partial charge < -0.3 is 10.0 Å². The van der Waals surface area contributed by atoms with Crippen LogP contribution in [0.3, 0.4) is 0 Å². The third-order valence-electron chi connectivity index (χ3n) is 3.19. The van der Waals surface area contributed by atoms with Gasteiger partial charge in [-0.2, -0.15) is 13.2 Å². The molecule has 0 atom stereocenters. The number of rotatable bonds is 3. The third-order valence-corrected chi connectivity index (χ3v) is 3.69. The zero-order valence-corrected chi connectivity index (χ0v) is 13.6. The van der Waals surface area contributed by atoms with E-state index in [0.29, 0.717) is 5.56 Å². The van der Waals surface area contributed by atoms with E-state index in [0.717, 1.165) is 12.1 Å². The van der Waals surface area contributed by atoms with Gasteiger partial charge in [-0.05, 0) is 35.9 Å². The van der Waals surface area contributed by atoms with Gasteiger partial charge >= 0.3 is 6.18 Å². The van der Waals surface area contributed by atoms with Crippen LogP contribution in [0, 0.1) is 0 Å². The number of halogens is 4. The molecule has 2 aromatic carbocycles. The molecular formula is C16H13BrF3NO2. The zero-order chi connectivity index (χ0) is 17.2. The number of carbonyl (C=O) groups excluding carboxylic acids is 1. The van der Waals surface area contributed by atoms with Crippen LogP contribution in [-0.2, 0) is 12.7 Å². The molecule has 0 aromatic heterocycles. The second kappa shape index (κ2) is 6.62. The molecule has 23 heavy (non-hydrogen) atoms. The van der Waals surface area contributed by atoms with Gasteiger partial charge in [0.1, 0.15) is 5.75 Å². The van der Waals surface area contributed by atoms with Crippen LogP contribution < -0.4 is 0 Å². The lowest BCUT2D eigenvalue weighted by molar-refractivity contribution is -0.138. The number of amides is 1. The van der Waals surface area contributed by atoms with Crippen LogP contribution in [0.25, 0.3) is 0 Å². The Hall–Kier alpha value is -2.02. The van der Waals surface area contributed by atoms with Gasteiger partial charge in [0.2, 0.25) is 0 Å². The van der Waals surface area contributed by atoms with Crippen molar-refractivity contribution in [2.24, 2.45) is 0 Å². The van der Waals surface area contributed by atoms with Crippen molar-refractivity contribution in [1.82, 2.24) is 4.90 Å². The summed E-state index contributed by atoms with van der Waals surface area (Å²) in [6.07, 6.45) is -4.62. The number of phenols is 1. The molecule has 1 amide bonds. The average molecular weight is 388 g/mol. The summed E-state index contributed by atoms with van der Waals surface area (Å²) >= 11 is 2.98. The molecule has 0 radical (unpaired) electrons. The highest BCUT2D eigenvalue weighted by Crippen LogP contribution is 2.34. The monoisotopic (exact) mass is 387 g/mol. The first-order valence-corrected chi connectivity index (χ1v) is 7.38. The Morgan fingerprint density at radius 3 is 2.52 bits per heavy atom. The largest absolute Gasteiger partial charge is 0.508 e. The fourth-order valence-corrected chi connectivity index (χ4v) is 2.50. The van der Waals surface area contributed by atoms with Crippen molar-refractivity contribution >= 4 is 21.8 Å². The van der Waals surface area contributed by atoms with Gasteiger partial charge in [-0.1, -0.05) is 28.1 Å². The molecule has 0 aliphatic rings. The van der Waals surface area contributed by atoms with E-state index in [-0.39, 0.29) is 16.8 Å². The molecule has 0 bridgehead atoms. The SMILES string of the molecule is CN(Cc1cccc(O)c1)C(=O)c1ccc(Br)cc1C(F)(F)F. The van der Waals surface area contributed by atoms with Crippen LogP contribution in [0.5, 0.6) is 5.75 Å². The lowest BCUT2D eigenvalue weighted by atomic mass is 10.1. The molecule has 1 N–H and O–H groups in total. The molecule has 122 valence electrons. The van der Waals surface area contributed by atoms with Crippen molar-refractivity contribution < 1.29 is 23.1 Å². The van der Waals surface area contributed by atoms with E-state index in [1.165, 1.54) is 30.1 Å². The maximum absolute atomic E-state index is 13.1. The van der Waals surface area contributed by atoms with Crippen molar-refractivity contribution in [3.8, 4) is 5.75 Å². The van der Waals surface area contributed by atoms with Crippen molar-refractivity contribution in [2.75, 3.05) is 7.05 Å². The molecule has 3 nitrogen and oxygen atoms in total. The van der Waals surface area contributed by atoms with Gasteiger partial charge in [0, 0.05) is 18.1 Å². The van der Waals surface area contributed by atoms with Crippen LogP contribution in [-0.4, -0.2) is 23.0 Å². The van der Waals surface area contributed by atoms with E-state index in [4.69, 9.17) is 0 Å². The standard InChI is InChI=1S/C16H13BrF3NO2/c1-21(9-10-3-2-4-12(22)7-10)15(23)13-6-5-11(17)8-14(13)16(18,19)20/h2-8,22H,9H2,1H3. The number of hydrogen-bond donors (Lipinski definition) is 1. The van der Waals surface area contributed by atoms with Gasteiger partial charge in [0.05, 0.1) is 11.1 Å². The van der Waals surface area contributed by atoms with Crippen molar-refractivity contribution in [3.63, 3.8) is 0 Å². The molecule has 0 fully saturated rings. The number of alkyl halides is 3. The van der Waals surface area contributed by atoms with Crippen LogP contribution in [0.4, 0.5) is 13.2 Å².